The maximum Gasteiger partial charge on any atom is 0.329 e. The number of carbonyl (C=O) groups excluding carboxylic acids is 3. The summed E-state index contributed by atoms with van der Waals surface area (Å²) in [6, 6.07) is 0. The van der Waals surface area contributed by atoms with E-state index in [1.54, 1.807) is 0 Å². The van der Waals surface area contributed by atoms with Gasteiger partial charge in [0.2, 0.25) is 6.23 Å². The molecule has 1 aliphatic heterocycles. The van der Waals surface area contributed by atoms with E-state index in [2.05, 4.69) is 0 Å². The van der Waals surface area contributed by atoms with Crippen LogP contribution in [0.2, 0.25) is 0 Å². The largest absolute Gasteiger partial charge is 0.437 e. The summed E-state index contributed by atoms with van der Waals surface area (Å²) in [5.41, 5.74) is -0.763. The second kappa shape index (κ2) is 4.73. The van der Waals surface area contributed by atoms with Crippen LogP contribution in [-0.4, -0.2) is 29.1 Å². The van der Waals surface area contributed by atoms with Crippen molar-refractivity contribution >= 4 is 17.8 Å². The molecule has 1 saturated heterocycles. The van der Waals surface area contributed by atoms with Crippen molar-refractivity contribution in [3.8, 4) is 0 Å². The molecule has 1 heterocycles. The van der Waals surface area contributed by atoms with Crippen molar-refractivity contribution in [3.63, 3.8) is 0 Å². The van der Waals surface area contributed by atoms with Gasteiger partial charge in [0.05, 0.1) is 0 Å². The Morgan fingerprint density at radius 3 is 2.12 bits per heavy atom. The molecule has 1 fully saturated rings. The third kappa shape index (κ3) is 2.11. The molecule has 1 aliphatic rings. The molecule has 1 unspecified atom stereocenters. The first-order valence-corrected chi connectivity index (χ1v) is 5.58. The highest BCUT2D eigenvalue weighted by molar-refractivity contribution is 5.90. The van der Waals surface area contributed by atoms with Crippen molar-refractivity contribution in [3.05, 3.63) is 0 Å². The molecule has 96 valence electrons. The topological polar surface area (TPSA) is 72.9 Å². The number of hydrogen-bond donors (Lipinski definition) is 0. The summed E-state index contributed by atoms with van der Waals surface area (Å²) in [6.45, 7) is 6.12. The number of β-lactam (4-membered cyclic amide) rings is 1. The van der Waals surface area contributed by atoms with Crippen LogP contribution in [0.5, 0.6) is 0 Å². The van der Waals surface area contributed by atoms with E-state index >= 15 is 0 Å². The van der Waals surface area contributed by atoms with Crippen LogP contribution in [0.15, 0.2) is 0 Å². The number of hydroxylamine groups is 2. The molecule has 1 amide bonds. The SMILES string of the molecule is CCC1(CC)C(=O)N(OC(C)=O)C1OC(C)=O. The van der Waals surface area contributed by atoms with E-state index in [0.29, 0.717) is 12.8 Å². The lowest BCUT2D eigenvalue weighted by Crippen LogP contribution is -2.69. The van der Waals surface area contributed by atoms with Crippen LogP contribution in [0.1, 0.15) is 40.5 Å². The van der Waals surface area contributed by atoms with Gasteiger partial charge >= 0.3 is 11.9 Å². The molecule has 0 N–H and O–H groups in total. The molecule has 0 aromatic heterocycles. The Bertz CT molecular complexity index is 348. The third-order valence-electron chi connectivity index (χ3n) is 3.08. The van der Waals surface area contributed by atoms with E-state index in [0.717, 1.165) is 5.06 Å². The van der Waals surface area contributed by atoms with Crippen LogP contribution in [0.3, 0.4) is 0 Å². The van der Waals surface area contributed by atoms with Gasteiger partial charge in [-0.2, -0.15) is 0 Å². The van der Waals surface area contributed by atoms with E-state index in [-0.39, 0.29) is 5.91 Å². The van der Waals surface area contributed by atoms with Gasteiger partial charge in [0.1, 0.15) is 5.41 Å². The molecule has 0 aromatic carbocycles. The standard InChI is InChI=1S/C11H17NO5/c1-5-11(6-2)9(15)12(17-8(4)14)10(11)16-7(3)13/h10H,5-6H2,1-4H3. The molecular formula is C11H17NO5. The Labute approximate surface area is 99.8 Å². The molecule has 0 radical (unpaired) electrons. The van der Waals surface area contributed by atoms with Crippen LogP contribution in [0.4, 0.5) is 0 Å². The molecule has 0 spiro atoms. The molecule has 0 saturated carbocycles. The van der Waals surface area contributed by atoms with Gasteiger partial charge in [-0.05, 0) is 12.8 Å². The molecule has 6 nitrogen and oxygen atoms in total. The Morgan fingerprint density at radius 1 is 1.24 bits per heavy atom. The molecule has 0 aliphatic carbocycles. The van der Waals surface area contributed by atoms with Gasteiger partial charge in [-0.15, -0.1) is 5.06 Å². The summed E-state index contributed by atoms with van der Waals surface area (Å²) < 4.78 is 5.06. The zero-order valence-corrected chi connectivity index (χ0v) is 10.5. The second-order valence-electron chi connectivity index (χ2n) is 4.04. The number of carbonyl (C=O) groups is 3. The first kappa shape index (κ1) is 13.5. The highest BCUT2D eigenvalue weighted by Crippen LogP contribution is 2.45. The lowest BCUT2D eigenvalue weighted by molar-refractivity contribution is -0.302. The number of amides is 1. The average molecular weight is 243 g/mol. The normalized spacial score (nSPS) is 21.8. The van der Waals surface area contributed by atoms with Crippen LogP contribution in [-0.2, 0) is 24.0 Å². The number of nitrogens with zero attached hydrogens (tertiary/aromatic N) is 1. The van der Waals surface area contributed by atoms with E-state index in [1.807, 2.05) is 13.8 Å². The van der Waals surface area contributed by atoms with Gasteiger partial charge in [-0.1, -0.05) is 13.8 Å². The van der Waals surface area contributed by atoms with Gasteiger partial charge < -0.3 is 9.57 Å². The third-order valence-corrected chi connectivity index (χ3v) is 3.08. The first-order valence-electron chi connectivity index (χ1n) is 5.58. The Hall–Kier alpha value is -1.59. The van der Waals surface area contributed by atoms with Gasteiger partial charge in [-0.25, -0.2) is 0 Å². The maximum atomic E-state index is 11.9. The van der Waals surface area contributed by atoms with Crippen molar-refractivity contribution < 1.29 is 24.0 Å². The Balaban J connectivity index is 2.91. The number of ether oxygens (including phenoxy) is 1. The predicted molar refractivity (Wildman–Crippen MR) is 57.2 cm³/mol. The smallest absolute Gasteiger partial charge is 0.329 e. The number of hydrogen-bond acceptors (Lipinski definition) is 5. The Morgan fingerprint density at radius 2 is 1.76 bits per heavy atom. The maximum absolute atomic E-state index is 11.9. The van der Waals surface area contributed by atoms with Crippen molar-refractivity contribution in [2.45, 2.75) is 46.8 Å². The molecule has 6 heteroatoms. The quantitative estimate of drug-likeness (QED) is 0.544. The van der Waals surface area contributed by atoms with Gasteiger partial charge in [0, 0.05) is 13.8 Å². The Kier molecular flexibility index (Phi) is 3.75. The van der Waals surface area contributed by atoms with Crippen LogP contribution in [0.25, 0.3) is 0 Å². The number of rotatable bonds is 4. The minimum absolute atomic E-state index is 0.316. The van der Waals surface area contributed by atoms with E-state index in [4.69, 9.17) is 9.57 Å². The molecule has 1 rings (SSSR count). The predicted octanol–water partition coefficient (Wildman–Crippen LogP) is 1.00. The van der Waals surface area contributed by atoms with Crippen LogP contribution < -0.4 is 0 Å². The number of esters is 1. The van der Waals surface area contributed by atoms with Crippen LogP contribution in [0, 0.1) is 5.41 Å². The van der Waals surface area contributed by atoms with Crippen molar-refractivity contribution in [1.82, 2.24) is 5.06 Å². The average Bonchev–Trinajstić information content (AvgIpc) is 2.26. The summed E-state index contributed by atoms with van der Waals surface area (Å²) in [5.74, 6) is -1.44. The highest BCUT2D eigenvalue weighted by Gasteiger charge is 2.63. The fourth-order valence-corrected chi connectivity index (χ4v) is 2.04. The molecular weight excluding hydrogens is 226 g/mol. The fraction of sp³-hybridized carbons (Fsp3) is 0.727. The van der Waals surface area contributed by atoms with Crippen molar-refractivity contribution in [1.29, 1.82) is 0 Å². The lowest BCUT2D eigenvalue weighted by atomic mass is 9.73. The summed E-state index contributed by atoms with van der Waals surface area (Å²) in [7, 11) is 0. The van der Waals surface area contributed by atoms with Gasteiger partial charge in [-0.3, -0.25) is 14.4 Å². The second-order valence-corrected chi connectivity index (χ2v) is 4.04. The summed E-state index contributed by atoms with van der Waals surface area (Å²) in [6.07, 6.45) is 0.238. The summed E-state index contributed by atoms with van der Waals surface area (Å²) in [4.78, 5) is 38.5. The molecule has 0 aromatic rings. The van der Waals surface area contributed by atoms with E-state index in [9.17, 15) is 14.4 Å². The van der Waals surface area contributed by atoms with Gasteiger partial charge in [0.25, 0.3) is 5.91 Å². The lowest BCUT2D eigenvalue weighted by Gasteiger charge is -2.51. The fourth-order valence-electron chi connectivity index (χ4n) is 2.04. The monoisotopic (exact) mass is 243 g/mol. The zero-order chi connectivity index (χ0) is 13.2. The molecule has 1 atom stereocenters. The zero-order valence-electron chi connectivity index (χ0n) is 10.5. The summed E-state index contributed by atoms with van der Waals surface area (Å²) in [5, 5.41) is 0.844. The van der Waals surface area contributed by atoms with Crippen molar-refractivity contribution in [2.75, 3.05) is 0 Å². The highest BCUT2D eigenvalue weighted by atomic mass is 16.8. The summed E-state index contributed by atoms with van der Waals surface area (Å²) >= 11 is 0. The minimum atomic E-state index is -0.814. The molecule has 0 bridgehead atoms. The van der Waals surface area contributed by atoms with Gasteiger partial charge in [0.15, 0.2) is 0 Å². The van der Waals surface area contributed by atoms with E-state index in [1.165, 1.54) is 13.8 Å². The van der Waals surface area contributed by atoms with E-state index < -0.39 is 23.6 Å². The van der Waals surface area contributed by atoms with Crippen LogP contribution >= 0.6 is 0 Å². The van der Waals surface area contributed by atoms with Crippen molar-refractivity contribution in [2.24, 2.45) is 5.41 Å². The molecule has 17 heavy (non-hydrogen) atoms. The first-order chi connectivity index (χ1) is 7.89. The minimum Gasteiger partial charge on any atom is -0.437 e.